The second-order valence-corrected chi connectivity index (χ2v) is 5.15. The summed E-state index contributed by atoms with van der Waals surface area (Å²) in [6.45, 7) is -2.08. The van der Waals surface area contributed by atoms with Crippen molar-refractivity contribution in [3.05, 3.63) is 48.2 Å². The van der Waals surface area contributed by atoms with Crippen LogP contribution in [0.1, 0.15) is 5.56 Å². The molecule has 0 radical (unpaired) electrons. The Morgan fingerprint density at radius 2 is 1.78 bits per heavy atom. The molecule has 0 fully saturated rings. The normalized spacial score (nSPS) is 11.8. The van der Waals surface area contributed by atoms with Crippen LogP contribution >= 0.6 is 0 Å². The summed E-state index contributed by atoms with van der Waals surface area (Å²) in [4.78, 5) is 15.3. The minimum absolute atomic E-state index is 0.144. The Morgan fingerprint density at radius 3 is 2.37 bits per heavy atom. The number of rotatable bonds is 6. The molecule has 2 rings (SSSR count). The largest absolute Gasteiger partial charge is 0.484 e. The Bertz CT molecular complexity index is 775. The van der Waals surface area contributed by atoms with E-state index in [-0.39, 0.29) is 17.3 Å². The third-order valence-electron chi connectivity index (χ3n) is 2.94. The Labute approximate surface area is 148 Å². The summed E-state index contributed by atoms with van der Waals surface area (Å²) in [5.41, 5.74) is -0.772. The van der Waals surface area contributed by atoms with Crippen molar-refractivity contribution >= 4 is 11.6 Å². The van der Waals surface area contributed by atoms with E-state index in [9.17, 15) is 31.1 Å². The zero-order chi connectivity index (χ0) is 20.1. The molecule has 0 atom stereocenters. The van der Waals surface area contributed by atoms with Crippen LogP contribution in [0.25, 0.3) is 0 Å². The fourth-order valence-electron chi connectivity index (χ4n) is 1.80. The summed E-state index contributed by atoms with van der Waals surface area (Å²) in [6, 6.07) is 6.38. The molecule has 1 amide bonds. The molecule has 0 aliphatic heterocycles. The Kier molecular flexibility index (Phi) is 6.13. The predicted molar refractivity (Wildman–Crippen MR) is 81.4 cm³/mol. The first-order valence-electron chi connectivity index (χ1n) is 7.28. The molecular formula is C16H12F6N2O3. The van der Waals surface area contributed by atoms with Gasteiger partial charge >= 0.3 is 12.4 Å². The van der Waals surface area contributed by atoms with Gasteiger partial charge in [-0.05, 0) is 24.3 Å². The summed E-state index contributed by atoms with van der Waals surface area (Å²) in [6.07, 6.45) is -7.98. The van der Waals surface area contributed by atoms with Crippen molar-refractivity contribution in [2.45, 2.75) is 12.4 Å². The molecule has 0 aliphatic rings. The highest BCUT2D eigenvalue weighted by Gasteiger charge is 2.30. The third-order valence-corrected chi connectivity index (χ3v) is 2.94. The van der Waals surface area contributed by atoms with Crippen molar-refractivity contribution in [2.75, 3.05) is 18.5 Å². The lowest BCUT2D eigenvalue weighted by Crippen LogP contribution is -2.21. The summed E-state index contributed by atoms with van der Waals surface area (Å²) >= 11 is 0. The highest BCUT2D eigenvalue weighted by molar-refractivity contribution is 5.91. The molecule has 0 unspecified atom stereocenters. The molecular weight excluding hydrogens is 382 g/mol. The van der Waals surface area contributed by atoms with Crippen LogP contribution < -0.4 is 14.8 Å². The van der Waals surface area contributed by atoms with Gasteiger partial charge in [-0.1, -0.05) is 6.07 Å². The Hall–Kier alpha value is -2.98. The van der Waals surface area contributed by atoms with E-state index in [1.165, 1.54) is 12.1 Å². The molecule has 1 aromatic heterocycles. The molecule has 0 spiro atoms. The minimum Gasteiger partial charge on any atom is -0.484 e. The number of halogens is 6. The molecule has 0 bridgehead atoms. The number of anilines is 1. The third kappa shape index (κ3) is 7.04. The number of ether oxygens (including phenoxy) is 2. The maximum atomic E-state index is 12.6. The standard InChI is InChI=1S/C16H12F6N2O3/c17-15(18,19)9-27-14-5-4-11(7-23-14)24-13(25)8-26-12-3-1-2-10(6-12)16(20,21)22/h1-7H,8-9H2,(H,24,25). The molecule has 5 nitrogen and oxygen atoms in total. The average Bonchev–Trinajstić information content (AvgIpc) is 2.58. The summed E-state index contributed by atoms with van der Waals surface area (Å²) in [5, 5.41) is 2.33. The number of benzene rings is 1. The topological polar surface area (TPSA) is 60.5 Å². The molecule has 1 N–H and O–H groups in total. The molecule has 1 heterocycles. The van der Waals surface area contributed by atoms with Crippen LogP contribution in [-0.2, 0) is 11.0 Å². The van der Waals surface area contributed by atoms with E-state index in [4.69, 9.17) is 4.74 Å². The SMILES string of the molecule is O=C(COc1cccc(C(F)(F)F)c1)Nc1ccc(OCC(F)(F)F)nc1. The number of pyridine rings is 1. The van der Waals surface area contributed by atoms with Gasteiger partial charge in [0.05, 0.1) is 17.4 Å². The number of nitrogens with one attached hydrogen (secondary N) is 1. The summed E-state index contributed by atoms with van der Waals surface area (Å²) < 4.78 is 83.2. The van der Waals surface area contributed by atoms with Crippen LogP contribution in [0.2, 0.25) is 0 Å². The first-order chi connectivity index (χ1) is 12.5. The van der Waals surface area contributed by atoms with Crippen LogP contribution in [-0.4, -0.2) is 30.3 Å². The monoisotopic (exact) mass is 394 g/mol. The first kappa shape index (κ1) is 20.3. The van der Waals surface area contributed by atoms with Crippen LogP contribution in [0.15, 0.2) is 42.6 Å². The van der Waals surface area contributed by atoms with Crippen molar-refractivity contribution in [1.29, 1.82) is 0 Å². The lowest BCUT2D eigenvalue weighted by Gasteiger charge is -2.11. The summed E-state index contributed by atoms with van der Waals surface area (Å²) in [5.74, 6) is -1.13. The highest BCUT2D eigenvalue weighted by Crippen LogP contribution is 2.31. The number of amides is 1. The molecule has 27 heavy (non-hydrogen) atoms. The average molecular weight is 394 g/mol. The van der Waals surface area contributed by atoms with E-state index < -0.39 is 37.0 Å². The van der Waals surface area contributed by atoms with Crippen molar-refractivity contribution in [3.8, 4) is 11.6 Å². The molecule has 11 heteroatoms. The molecule has 0 saturated heterocycles. The van der Waals surface area contributed by atoms with Crippen molar-refractivity contribution in [3.63, 3.8) is 0 Å². The first-order valence-corrected chi connectivity index (χ1v) is 7.28. The second kappa shape index (κ2) is 8.14. The highest BCUT2D eigenvalue weighted by atomic mass is 19.4. The van der Waals surface area contributed by atoms with Crippen molar-refractivity contribution in [2.24, 2.45) is 0 Å². The van der Waals surface area contributed by atoms with Gasteiger partial charge in [0.1, 0.15) is 5.75 Å². The smallest absolute Gasteiger partial charge is 0.422 e. The maximum Gasteiger partial charge on any atom is 0.422 e. The van der Waals surface area contributed by atoms with E-state index in [2.05, 4.69) is 15.0 Å². The van der Waals surface area contributed by atoms with Crippen molar-refractivity contribution < 1.29 is 40.6 Å². The van der Waals surface area contributed by atoms with Gasteiger partial charge in [0, 0.05) is 6.07 Å². The van der Waals surface area contributed by atoms with E-state index >= 15 is 0 Å². The van der Waals surface area contributed by atoms with Gasteiger partial charge in [0.2, 0.25) is 5.88 Å². The minimum atomic E-state index is -4.54. The number of alkyl halides is 6. The van der Waals surface area contributed by atoms with Gasteiger partial charge in [-0.25, -0.2) is 4.98 Å². The number of hydrogen-bond acceptors (Lipinski definition) is 4. The molecule has 2 aromatic rings. The van der Waals surface area contributed by atoms with Crippen LogP contribution in [0.3, 0.4) is 0 Å². The van der Waals surface area contributed by atoms with Gasteiger partial charge < -0.3 is 14.8 Å². The second-order valence-electron chi connectivity index (χ2n) is 5.15. The zero-order valence-corrected chi connectivity index (χ0v) is 13.4. The number of carbonyl (C=O) groups is 1. The predicted octanol–water partition coefficient (Wildman–Crippen LogP) is 4.06. The lowest BCUT2D eigenvalue weighted by atomic mass is 10.2. The fraction of sp³-hybridized carbons (Fsp3) is 0.250. The summed E-state index contributed by atoms with van der Waals surface area (Å²) in [7, 11) is 0. The number of carbonyl (C=O) groups excluding carboxylic acids is 1. The van der Waals surface area contributed by atoms with Crippen LogP contribution in [0.5, 0.6) is 11.6 Å². The van der Waals surface area contributed by atoms with Gasteiger partial charge in [-0.2, -0.15) is 26.3 Å². The lowest BCUT2D eigenvalue weighted by molar-refractivity contribution is -0.154. The van der Waals surface area contributed by atoms with E-state index in [1.807, 2.05) is 0 Å². The number of hydrogen-bond donors (Lipinski definition) is 1. The van der Waals surface area contributed by atoms with Gasteiger partial charge in [-0.3, -0.25) is 4.79 Å². The Balaban J connectivity index is 1.85. The van der Waals surface area contributed by atoms with E-state index in [0.717, 1.165) is 30.5 Å². The quantitative estimate of drug-likeness (QED) is 0.751. The van der Waals surface area contributed by atoms with Crippen molar-refractivity contribution in [1.82, 2.24) is 4.98 Å². The molecule has 0 saturated carbocycles. The number of aromatic nitrogens is 1. The number of nitrogens with zero attached hydrogens (tertiary/aromatic N) is 1. The molecule has 1 aromatic carbocycles. The zero-order valence-electron chi connectivity index (χ0n) is 13.4. The van der Waals surface area contributed by atoms with E-state index in [0.29, 0.717) is 0 Å². The van der Waals surface area contributed by atoms with E-state index in [1.54, 1.807) is 0 Å². The van der Waals surface area contributed by atoms with Gasteiger partial charge in [0.25, 0.3) is 5.91 Å². The Morgan fingerprint density at radius 1 is 1.04 bits per heavy atom. The fourth-order valence-corrected chi connectivity index (χ4v) is 1.80. The van der Waals surface area contributed by atoms with Gasteiger partial charge in [0.15, 0.2) is 13.2 Å². The van der Waals surface area contributed by atoms with Gasteiger partial charge in [-0.15, -0.1) is 0 Å². The molecule has 146 valence electrons. The maximum absolute atomic E-state index is 12.6. The van der Waals surface area contributed by atoms with Crippen LogP contribution in [0, 0.1) is 0 Å². The molecule has 0 aliphatic carbocycles. The van der Waals surface area contributed by atoms with Crippen LogP contribution in [0.4, 0.5) is 32.0 Å².